The lowest BCUT2D eigenvalue weighted by Gasteiger charge is -2.10. The molecule has 2 aromatic rings. The molecule has 1 aromatic carbocycles. The van der Waals surface area contributed by atoms with E-state index < -0.39 is 0 Å². The van der Waals surface area contributed by atoms with Gasteiger partial charge in [-0.25, -0.2) is 4.98 Å². The summed E-state index contributed by atoms with van der Waals surface area (Å²) in [4.78, 5) is 5.69. The van der Waals surface area contributed by atoms with Gasteiger partial charge in [0, 0.05) is 17.1 Å². The molecule has 2 nitrogen and oxygen atoms in total. The fraction of sp³-hybridized carbons (Fsp3) is 0.267. The van der Waals surface area contributed by atoms with Crippen LogP contribution in [-0.4, -0.2) is 11.0 Å². The minimum absolute atomic E-state index is 0.158. The van der Waals surface area contributed by atoms with Crippen molar-refractivity contribution in [3.8, 4) is 0 Å². The second-order valence-electron chi connectivity index (χ2n) is 4.57. The Hall–Kier alpha value is -1.32. The van der Waals surface area contributed by atoms with Crippen LogP contribution in [0.15, 0.2) is 52.5 Å². The van der Waals surface area contributed by atoms with E-state index >= 15 is 0 Å². The van der Waals surface area contributed by atoms with Gasteiger partial charge in [-0.2, -0.15) is 0 Å². The molecule has 0 spiro atoms. The first-order chi connectivity index (χ1) is 8.65. The Morgan fingerprint density at radius 1 is 1.28 bits per heavy atom. The molecule has 1 aromatic heterocycles. The van der Waals surface area contributed by atoms with Crippen LogP contribution in [0.2, 0.25) is 0 Å². The highest BCUT2D eigenvalue weighted by atomic mass is 32.2. The minimum Gasteiger partial charge on any atom is -0.328 e. The van der Waals surface area contributed by atoms with Crippen molar-refractivity contribution in [3.05, 3.63) is 53.7 Å². The van der Waals surface area contributed by atoms with Crippen molar-refractivity contribution >= 4 is 11.8 Å². The van der Waals surface area contributed by atoms with Gasteiger partial charge in [-0.1, -0.05) is 35.5 Å². The summed E-state index contributed by atoms with van der Waals surface area (Å²) in [6.07, 6.45) is 2.70. The van der Waals surface area contributed by atoms with Gasteiger partial charge >= 0.3 is 0 Å². The Bertz CT molecular complexity index is 523. The number of hydrogen-bond donors (Lipinski definition) is 1. The van der Waals surface area contributed by atoms with Crippen LogP contribution in [0, 0.1) is 6.92 Å². The zero-order valence-corrected chi connectivity index (χ0v) is 11.6. The Morgan fingerprint density at radius 2 is 2.11 bits per heavy atom. The van der Waals surface area contributed by atoms with Crippen molar-refractivity contribution in [2.75, 3.05) is 0 Å². The van der Waals surface area contributed by atoms with E-state index in [4.69, 9.17) is 5.73 Å². The van der Waals surface area contributed by atoms with E-state index in [1.54, 1.807) is 11.8 Å². The molecule has 0 aliphatic rings. The number of nitrogens with zero attached hydrogens (tertiary/aromatic N) is 1. The molecule has 0 saturated heterocycles. The van der Waals surface area contributed by atoms with E-state index in [9.17, 15) is 0 Å². The van der Waals surface area contributed by atoms with Gasteiger partial charge in [0.15, 0.2) is 0 Å². The van der Waals surface area contributed by atoms with Crippen LogP contribution in [0.5, 0.6) is 0 Å². The predicted molar refractivity (Wildman–Crippen MR) is 76.9 cm³/mol. The van der Waals surface area contributed by atoms with E-state index in [1.165, 1.54) is 16.0 Å². The second kappa shape index (κ2) is 6.03. The maximum atomic E-state index is 5.87. The summed E-state index contributed by atoms with van der Waals surface area (Å²) < 4.78 is 0. The molecule has 0 aliphatic carbocycles. The highest BCUT2D eigenvalue weighted by molar-refractivity contribution is 7.99. The lowest BCUT2D eigenvalue weighted by atomic mass is 10.1. The number of nitrogens with two attached hydrogens (primary N) is 1. The lowest BCUT2D eigenvalue weighted by molar-refractivity contribution is 0.722. The third-order valence-corrected chi connectivity index (χ3v) is 3.65. The molecule has 18 heavy (non-hydrogen) atoms. The first-order valence-corrected chi connectivity index (χ1v) is 6.91. The maximum Gasteiger partial charge on any atom is 0.104 e. The number of aromatic nitrogens is 1. The summed E-state index contributed by atoms with van der Waals surface area (Å²) >= 11 is 1.70. The summed E-state index contributed by atoms with van der Waals surface area (Å²) in [6, 6.07) is 12.7. The van der Waals surface area contributed by atoms with Crippen molar-refractivity contribution in [2.45, 2.75) is 36.2 Å². The van der Waals surface area contributed by atoms with Crippen LogP contribution in [-0.2, 0) is 6.42 Å². The molecule has 0 bridgehead atoms. The Morgan fingerprint density at radius 3 is 2.83 bits per heavy atom. The van der Waals surface area contributed by atoms with Crippen molar-refractivity contribution < 1.29 is 0 Å². The molecule has 3 heteroatoms. The fourth-order valence-electron chi connectivity index (χ4n) is 1.81. The van der Waals surface area contributed by atoms with Gasteiger partial charge in [-0.05, 0) is 44.0 Å². The van der Waals surface area contributed by atoms with Gasteiger partial charge in [-0.15, -0.1) is 0 Å². The smallest absolute Gasteiger partial charge is 0.104 e. The molecule has 1 unspecified atom stereocenters. The molecule has 1 atom stereocenters. The number of pyridine rings is 1. The van der Waals surface area contributed by atoms with Crippen molar-refractivity contribution in [3.63, 3.8) is 0 Å². The first-order valence-electron chi connectivity index (χ1n) is 6.09. The van der Waals surface area contributed by atoms with Gasteiger partial charge in [0.25, 0.3) is 0 Å². The Kier molecular flexibility index (Phi) is 4.39. The fourth-order valence-corrected chi connectivity index (χ4v) is 2.82. The average molecular weight is 258 g/mol. The van der Waals surface area contributed by atoms with E-state index in [1.807, 2.05) is 19.2 Å². The summed E-state index contributed by atoms with van der Waals surface area (Å²) in [6.45, 7) is 4.12. The maximum absolute atomic E-state index is 5.87. The normalized spacial score (nSPS) is 12.4. The summed E-state index contributed by atoms with van der Waals surface area (Å²) in [5, 5.41) is 1.06. The number of benzene rings is 1. The van der Waals surface area contributed by atoms with Gasteiger partial charge in [0.05, 0.1) is 0 Å². The lowest BCUT2D eigenvalue weighted by Crippen LogP contribution is -2.18. The van der Waals surface area contributed by atoms with Gasteiger partial charge < -0.3 is 5.73 Å². The first kappa shape index (κ1) is 13.1. The average Bonchev–Trinajstić information content (AvgIpc) is 2.31. The van der Waals surface area contributed by atoms with Gasteiger partial charge in [-0.3, -0.25) is 0 Å². The summed E-state index contributed by atoms with van der Waals surface area (Å²) in [5.41, 5.74) is 8.36. The van der Waals surface area contributed by atoms with Crippen molar-refractivity contribution in [2.24, 2.45) is 5.73 Å². The second-order valence-corrected chi connectivity index (χ2v) is 5.63. The predicted octanol–water partition coefficient (Wildman–Crippen LogP) is 3.43. The number of hydrogen-bond acceptors (Lipinski definition) is 3. The zero-order chi connectivity index (χ0) is 13.0. The SMILES string of the molecule is Cc1cccc(Sc2ncccc2CC(C)N)c1. The van der Waals surface area contributed by atoms with Crippen LogP contribution >= 0.6 is 11.8 Å². The molecular formula is C15H18N2S. The molecule has 0 amide bonds. The summed E-state index contributed by atoms with van der Waals surface area (Å²) in [7, 11) is 0. The monoisotopic (exact) mass is 258 g/mol. The number of rotatable bonds is 4. The van der Waals surface area contributed by atoms with Crippen LogP contribution in [0.3, 0.4) is 0 Å². The number of aryl methyl sites for hydroxylation is 1. The molecule has 0 radical (unpaired) electrons. The van der Waals surface area contributed by atoms with Gasteiger partial charge in [0.2, 0.25) is 0 Å². The topological polar surface area (TPSA) is 38.9 Å². The molecule has 0 fully saturated rings. The highest BCUT2D eigenvalue weighted by Gasteiger charge is 2.07. The molecule has 1 heterocycles. The molecule has 94 valence electrons. The largest absolute Gasteiger partial charge is 0.328 e. The molecule has 0 saturated carbocycles. The highest BCUT2D eigenvalue weighted by Crippen LogP contribution is 2.29. The van der Waals surface area contributed by atoms with Crippen molar-refractivity contribution in [1.82, 2.24) is 4.98 Å². The Labute approximate surface area is 113 Å². The third-order valence-electron chi connectivity index (χ3n) is 2.60. The third kappa shape index (κ3) is 3.59. The van der Waals surface area contributed by atoms with Crippen LogP contribution in [0.25, 0.3) is 0 Å². The van der Waals surface area contributed by atoms with E-state index in [-0.39, 0.29) is 6.04 Å². The van der Waals surface area contributed by atoms with Crippen LogP contribution < -0.4 is 5.73 Å². The Balaban J connectivity index is 2.23. The molecular weight excluding hydrogens is 240 g/mol. The molecule has 0 aliphatic heterocycles. The summed E-state index contributed by atoms with van der Waals surface area (Å²) in [5.74, 6) is 0. The van der Waals surface area contributed by atoms with E-state index in [0.29, 0.717) is 0 Å². The zero-order valence-electron chi connectivity index (χ0n) is 10.8. The van der Waals surface area contributed by atoms with Crippen LogP contribution in [0.1, 0.15) is 18.1 Å². The van der Waals surface area contributed by atoms with E-state index in [2.05, 4.69) is 42.2 Å². The standard InChI is InChI=1S/C15H18N2S/c1-11-5-3-7-14(9-11)18-15-13(10-12(2)16)6-4-8-17-15/h3-9,12H,10,16H2,1-2H3. The molecule has 2 N–H and O–H groups in total. The van der Waals surface area contributed by atoms with E-state index in [0.717, 1.165) is 11.4 Å². The molecule has 2 rings (SSSR count). The quantitative estimate of drug-likeness (QED) is 0.913. The van der Waals surface area contributed by atoms with Gasteiger partial charge in [0.1, 0.15) is 5.03 Å². The van der Waals surface area contributed by atoms with Crippen molar-refractivity contribution in [1.29, 1.82) is 0 Å². The van der Waals surface area contributed by atoms with Crippen LogP contribution in [0.4, 0.5) is 0 Å². The minimum atomic E-state index is 0.158.